The molecule has 0 radical (unpaired) electrons. The van der Waals surface area contributed by atoms with Gasteiger partial charge in [-0.2, -0.15) is 11.3 Å². The highest BCUT2D eigenvalue weighted by Gasteiger charge is 2.16. The van der Waals surface area contributed by atoms with Crippen molar-refractivity contribution in [3.8, 4) is 0 Å². The van der Waals surface area contributed by atoms with Crippen LogP contribution in [0.3, 0.4) is 0 Å². The Morgan fingerprint density at radius 2 is 1.94 bits per heavy atom. The van der Waals surface area contributed by atoms with Gasteiger partial charge in [0.1, 0.15) is 0 Å². The van der Waals surface area contributed by atoms with E-state index in [1.807, 2.05) is 6.92 Å². The molecule has 2 unspecified atom stereocenters. The molecule has 3 heteroatoms. The quantitative estimate of drug-likeness (QED) is 0.634. The van der Waals surface area contributed by atoms with Gasteiger partial charge in [-0.15, -0.1) is 0 Å². The van der Waals surface area contributed by atoms with Gasteiger partial charge in [0.05, 0.1) is 6.10 Å². The third kappa shape index (κ3) is 5.98. The standard InChI is InChI=1S/C15H27NOS/c1-3-4-5-6-7-8-10-17-15(13(2)16)14-9-11-18-12-14/h9,11-13,15H,3-8,10,16H2,1-2H3. The van der Waals surface area contributed by atoms with E-state index in [0.717, 1.165) is 13.0 Å². The van der Waals surface area contributed by atoms with Crippen molar-refractivity contribution < 1.29 is 4.74 Å². The number of ether oxygens (including phenoxy) is 1. The molecule has 0 bridgehead atoms. The Morgan fingerprint density at radius 3 is 2.56 bits per heavy atom. The van der Waals surface area contributed by atoms with Crippen molar-refractivity contribution in [1.29, 1.82) is 0 Å². The van der Waals surface area contributed by atoms with Crippen molar-refractivity contribution in [3.05, 3.63) is 22.4 Å². The first-order chi connectivity index (χ1) is 8.75. The van der Waals surface area contributed by atoms with Crippen LogP contribution in [0.15, 0.2) is 16.8 Å². The Hall–Kier alpha value is -0.380. The van der Waals surface area contributed by atoms with Crippen LogP contribution in [-0.2, 0) is 4.74 Å². The lowest BCUT2D eigenvalue weighted by molar-refractivity contribution is 0.0361. The van der Waals surface area contributed by atoms with Crippen molar-refractivity contribution in [2.24, 2.45) is 5.73 Å². The maximum absolute atomic E-state index is 5.99. The van der Waals surface area contributed by atoms with Gasteiger partial charge in [-0.05, 0) is 35.7 Å². The number of nitrogens with two attached hydrogens (primary N) is 1. The van der Waals surface area contributed by atoms with Crippen molar-refractivity contribution in [1.82, 2.24) is 0 Å². The highest BCUT2D eigenvalue weighted by molar-refractivity contribution is 7.07. The summed E-state index contributed by atoms with van der Waals surface area (Å²) in [5, 5.41) is 4.22. The average Bonchev–Trinajstić information content (AvgIpc) is 2.85. The molecule has 0 aliphatic rings. The second-order valence-corrected chi connectivity index (χ2v) is 5.75. The summed E-state index contributed by atoms with van der Waals surface area (Å²) >= 11 is 1.70. The third-order valence-corrected chi connectivity index (χ3v) is 3.85. The first kappa shape index (κ1) is 15.7. The fourth-order valence-corrected chi connectivity index (χ4v) is 2.77. The Kier molecular flexibility index (Phi) is 8.31. The molecule has 18 heavy (non-hydrogen) atoms. The molecule has 104 valence electrons. The first-order valence-corrected chi connectivity index (χ1v) is 8.09. The summed E-state index contributed by atoms with van der Waals surface area (Å²) in [6.07, 6.45) is 7.84. The Labute approximate surface area is 116 Å². The van der Waals surface area contributed by atoms with Crippen molar-refractivity contribution in [2.45, 2.75) is 64.5 Å². The lowest BCUT2D eigenvalue weighted by Gasteiger charge is -2.20. The molecule has 0 aromatic carbocycles. The molecule has 0 saturated heterocycles. The minimum absolute atomic E-state index is 0.0553. The molecule has 0 aliphatic heterocycles. The Balaban J connectivity index is 2.15. The van der Waals surface area contributed by atoms with Crippen LogP contribution >= 0.6 is 11.3 Å². The minimum Gasteiger partial charge on any atom is -0.372 e. The summed E-state index contributed by atoms with van der Waals surface area (Å²) in [7, 11) is 0. The Morgan fingerprint density at radius 1 is 1.22 bits per heavy atom. The summed E-state index contributed by atoms with van der Waals surface area (Å²) in [6, 6.07) is 2.17. The maximum atomic E-state index is 5.99. The number of hydrogen-bond acceptors (Lipinski definition) is 3. The van der Waals surface area contributed by atoms with Crippen molar-refractivity contribution in [3.63, 3.8) is 0 Å². The highest BCUT2D eigenvalue weighted by Crippen LogP contribution is 2.23. The predicted octanol–water partition coefficient (Wildman–Crippen LogP) is 4.51. The molecule has 2 N–H and O–H groups in total. The summed E-state index contributed by atoms with van der Waals surface area (Å²) in [6.45, 7) is 5.09. The second-order valence-electron chi connectivity index (χ2n) is 4.97. The molecule has 2 atom stereocenters. The van der Waals surface area contributed by atoms with Crippen LogP contribution in [0.2, 0.25) is 0 Å². The van der Waals surface area contributed by atoms with Gasteiger partial charge < -0.3 is 10.5 Å². The van der Waals surface area contributed by atoms with Gasteiger partial charge in [0.15, 0.2) is 0 Å². The zero-order valence-electron chi connectivity index (χ0n) is 11.7. The third-order valence-electron chi connectivity index (χ3n) is 3.14. The van der Waals surface area contributed by atoms with Gasteiger partial charge in [-0.25, -0.2) is 0 Å². The first-order valence-electron chi connectivity index (χ1n) is 7.15. The van der Waals surface area contributed by atoms with Crippen molar-refractivity contribution in [2.75, 3.05) is 6.61 Å². The molecular weight excluding hydrogens is 242 g/mol. The monoisotopic (exact) mass is 269 g/mol. The van der Waals surface area contributed by atoms with Gasteiger partial charge in [-0.3, -0.25) is 0 Å². The zero-order chi connectivity index (χ0) is 13.2. The minimum atomic E-state index is 0.0553. The molecule has 0 spiro atoms. The average molecular weight is 269 g/mol. The van der Waals surface area contributed by atoms with Crippen LogP contribution in [0, 0.1) is 0 Å². The van der Waals surface area contributed by atoms with E-state index >= 15 is 0 Å². The molecule has 1 aromatic rings. The molecule has 0 amide bonds. The van der Waals surface area contributed by atoms with E-state index in [4.69, 9.17) is 10.5 Å². The number of hydrogen-bond donors (Lipinski definition) is 1. The maximum Gasteiger partial charge on any atom is 0.0980 e. The largest absolute Gasteiger partial charge is 0.372 e. The molecule has 2 nitrogen and oxygen atoms in total. The van der Waals surface area contributed by atoms with E-state index in [1.54, 1.807) is 11.3 Å². The predicted molar refractivity (Wildman–Crippen MR) is 80.0 cm³/mol. The van der Waals surface area contributed by atoms with Crippen LogP contribution in [0.4, 0.5) is 0 Å². The number of unbranched alkanes of at least 4 members (excludes halogenated alkanes) is 5. The normalized spacial score (nSPS) is 14.6. The van der Waals surface area contributed by atoms with Crippen LogP contribution in [0.1, 0.15) is 64.0 Å². The van der Waals surface area contributed by atoms with E-state index in [0.29, 0.717) is 0 Å². The smallest absolute Gasteiger partial charge is 0.0980 e. The number of rotatable bonds is 10. The van der Waals surface area contributed by atoms with Gasteiger partial charge >= 0.3 is 0 Å². The van der Waals surface area contributed by atoms with Gasteiger partial charge in [0, 0.05) is 12.6 Å². The van der Waals surface area contributed by atoms with Gasteiger partial charge in [0.2, 0.25) is 0 Å². The van der Waals surface area contributed by atoms with Crippen LogP contribution in [0.25, 0.3) is 0 Å². The van der Waals surface area contributed by atoms with Crippen LogP contribution in [0.5, 0.6) is 0 Å². The van der Waals surface area contributed by atoms with E-state index in [9.17, 15) is 0 Å². The van der Waals surface area contributed by atoms with E-state index < -0.39 is 0 Å². The molecule has 0 fully saturated rings. The topological polar surface area (TPSA) is 35.2 Å². The molecule has 1 aromatic heterocycles. The fourth-order valence-electron chi connectivity index (χ4n) is 2.08. The molecule has 1 rings (SSSR count). The van der Waals surface area contributed by atoms with Crippen LogP contribution in [-0.4, -0.2) is 12.6 Å². The highest BCUT2D eigenvalue weighted by atomic mass is 32.1. The van der Waals surface area contributed by atoms with Gasteiger partial charge in [-0.1, -0.05) is 39.0 Å². The summed E-state index contributed by atoms with van der Waals surface area (Å²) < 4.78 is 5.94. The zero-order valence-corrected chi connectivity index (χ0v) is 12.5. The van der Waals surface area contributed by atoms with E-state index in [-0.39, 0.29) is 12.1 Å². The summed E-state index contributed by atoms with van der Waals surface area (Å²) in [4.78, 5) is 0. The summed E-state index contributed by atoms with van der Waals surface area (Å²) in [5.41, 5.74) is 7.21. The van der Waals surface area contributed by atoms with E-state index in [1.165, 1.54) is 37.7 Å². The van der Waals surface area contributed by atoms with E-state index in [2.05, 4.69) is 23.8 Å². The lowest BCUT2D eigenvalue weighted by atomic mass is 10.1. The SMILES string of the molecule is CCCCCCCCOC(c1ccsc1)C(C)N. The Bertz CT molecular complexity index is 285. The molecule has 0 saturated carbocycles. The van der Waals surface area contributed by atoms with Gasteiger partial charge in [0.25, 0.3) is 0 Å². The number of thiophene rings is 1. The molecular formula is C15H27NOS. The van der Waals surface area contributed by atoms with Crippen LogP contribution < -0.4 is 5.73 Å². The van der Waals surface area contributed by atoms with Crippen molar-refractivity contribution >= 4 is 11.3 Å². The molecule has 1 heterocycles. The second kappa shape index (κ2) is 9.54. The lowest BCUT2D eigenvalue weighted by Crippen LogP contribution is -2.27. The fraction of sp³-hybridized carbons (Fsp3) is 0.733. The summed E-state index contributed by atoms with van der Waals surface area (Å²) in [5.74, 6) is 0. The molecule has 0 aliphatic carbocycles.